The van der Waals surface area contributed by atoms with Gasteiger partial charge in [-0.2, -0.15) is 13.9 Å². The highest BCUT2D eigenvalue weighted by Gasteiger charge is 2.51. The van der Waals surface area contributed by atoms with Crippen LogP contribution in [0.3, 0.4) is 0 Å². The first-order valence-electron chi connectivity index (χ1n) is 11.1. The Labute approximate surface area is 224 Å². The van der Waals surface area contributed by atoms with Crippen molar-refractivity contribution >= 4 is 37.7 Å². The number of aromatic nitrogens is 1. The largest absolute Gasteiger partial charge is 0.479 e. The van der Waals surface area contributed by atoms with Crippen molar-refractivity contribution in [3.8, 4) is 0 Å². The van der Waals surface area contributed by atoms with E-state index in [4.69, 9.17) is 30.8 Å². The van der Waals surface area contributed by atoms with Gasteiger partial charge in [-0.3, -0.25) is 19.6 Å². The van der Waals surface area contributed by atoms with E-state index in [0.717, 1.165) is 5.56 Å². The molecule has 1 amide bonds. The van der Waals surface area contributed by atoms with E-state index in [0.29, 0.717) is 18.2 Å². The molecule has 3 atom stereocenters. The lowest BCUT2D eigenvalue weighted by Crippen LogP contribution is -2.61. The van der Waals surface area contributed by atoms with Gasteiger partial charge in [-0.15, -0.1) is 0 Å². The van der Waals surface area contributed by atoms with Crippen molar-refractivity contribution in [3.63, 3.8) is 0 Å². The summed E-state index contributed by atoms with van der Waals surface area (Å²) < 4.78 is 56.7. The van der Waals surface area contributed by atoms with Crippen LogP contribution in [0.2, 0.25) is 0 Å². The molecule has 1 fully saturated rings. The smallest absolute Gasteiger partial charge is 0.341 e. The fraction of sp³-hybridized carbons (Fsp3) is 0.429. The lowest BCUT2D eigenvalue weighted by molar-refractivity contribution is -0.140. The van der Waals surface area contributed by atoms with Gasteiger partial charge >= 0.3 is 5.97 Å². The predicted octanol–water partition coefficient (Wildman–Crippen LogP) is -0.866. The Morgan fingerprint density at radius 3 is 2.26 bits per heavy atom. The molecular weight excluding hydrogens is 560 g/mol. The van der Waals surface area contributed by atoms with E-state index >= 15 is 0 Å². The second-order valence-electron chi connectivity index (χ2n) is 8.75. The van der Waals surface area contributed by atoms with E-state index in [1.165, 1.54) is 13.8 Å². The van der Waals surface area contributed by atoms with Crippen LogP contribution in [-0.2, 0) is 34.4 Å². The Balaban J connectivity index is 0.000000976. The van der Waals surface area contributed by atoms with E-state index in [-0.39, 0.29) is 29.8 Å². The zero-order chi connectivity index (χ0) is 29.8. The number of nitrogens with one attached hydrogen (secondary N) is 3. The van der Waals surface area contributed by atoms with Gasteiger partial charge in [0.05, 0.1) is 37.1 Å². The van der Waals surface area contributed by atoms with Crippen LogP contribution in [0.25, 0.3) is 0 Å². The molecule has 2 heterocycles. The normalized spacial score (nSPS) is 18.9. The summed E-state index contributed by atoms with van der Waals surface area (Å²) >= 11 is 0. The summed E-state index contributed by atoms with van der Waals surface area (Å²) in [4.78, 5) is 26.5. The summed E-state index contributed by atoms with van der Waals surface area (Å²) in [5.41, 5.74) is 15.5. The van der Waals surface area contributed by atoms with Crippen molar-refractivity contribution in [2.75, 3.05) is 12.8 Å². The zero-order valence-corrected chi connectivity index (χ0v) is 22.8. The van der Waals surface area contributed by atoms with E-state index in [2.05, 4.69) is 16.0 Å². The number of aliphatic carboxylic acids is 1. The minimum atomic E-state index is -4.66. The molecule has 9 N–H and O–H groups in total. The topological polar surface area (TPSA) is 278 Å². The van der Waals surface area contributed by atoms with Crippen molar-refractivity contribution in [2.24, 2.45) is 11.5 Å². The Kier molecular flexibility index (Phi) is 9.93. The summed E-state index contributed by atoms with van der Waals surface area (Å²) in [6, 6.07) is 6.76. The van der Waals surface area contributed by atoms with Crippen molar-refractivity contribution in [1.29, 1.82) is 5.41 Å². The minimum absolute atomic E-state index is 0.0345. The number of rotatable bonds is 9. The monoisotopic (exact) mass is 590 g/mol. The van der Waals surface area contributed by atoms with Gasteiger partial charge in [0, 0.05) is 5.56 Å². The van der Waals surface area contributed by atoms with Gasteiger partial charge in [0.1, 0.15) is 10.7 Å². The number of carbonyl (C=O) groups excluding carboxylic acids is 1. The minimum Gasteiger partial charge on any atom is -0.479 e. The third-order valence-electron chi connectivity index (χ3n) is 5.54. The van der Waals surface area contributed by atoms with Crippen LogP contribution in [0.5, 0.6) is 0 Å². The molecule has 0 aliphatic carbocycles. The number of nitrogens with two attached hydrogens (primary N) is 2. The van der Waals surface area contributed by atoms with Gasteiger partial charge in [-0.25, -0.2) is 13.2 Å². The summed E-state index contributed by atoms with van der Waals surface area (Å²) in [6.07, 6.45) is 0.439. The van der Waals surface area contributed by atoms with E-state index in [1.54, 1.807) is 24.3 Å². The number of benzene rings is 1. The van der Waals surface area contributed by atoms with Crippen molar-refractivity contribution in [3.05, 3.63) is 46.8 Å². The van der Waals surface area contributed by atoms with Crippen LogP contribution in [0.1, 0.15) is 41.5 Å². The summed E-state index contributed by atoms with van der Waals surface area (Å²) in [7, 11) is -8.32. The molecule has 0 spiro atoms. The van der Waals surface area contributed by atoms with Crippen LogP contribution >= 0.6 is 0 Å². The number of nitrogens with zero attached hydrogens (tertiary/aromatic N) is 1. The van der Waals surface area contributed by atoms with Gasteiger partial charge in [-0.05, 0) is 25.8 Å². The highest BCUT2D eigenvalue weighted by atomic mass is 32.2. The number of hydrogen-bond donors (Lipinski definition) is 7. The standard InChI is InChI=1S/C20H26N6O7S.CH4O3S/c1-10-17(11(2)32-25-10)34(30,31)20(23,19(28)29)9-24-16(27)8-14-7-15(26-33-14)12-3-5-13(6-4-12)18(21)22;1-5(2,3)4/h3-6,14-15,26H,7-9,23H2,1-2H3,(H3,21,22)(H,24,27)(H,28,29);1H3,(H,2,3,4)/t14-,15?,20+;/m1./s1. The molecule has 1 aromatic heterocycles. The summed E-state index contributed by atoms with van der Waals surface area (Å²) in [5.74, 6) is -2.62. The molecular formula is C21H30N6O10S2. The number of hydrogen-bond acceptors (Lipinski definition) is 12. The van der Waals surface area contributed by atoms with Crippen LogP contribution in [0, 0.1) is 19.3 Å². The number of sulfone groups is 1. The lowest BCUT2D eigenvalue weighted by atomic mass is 9.99. The second-order valence-corrected chi connectivity index (χ2v) is 12.4. The number of aryl methyl sites for hydroxylation is 2. The second kappa shape index (κ2) is 12.2. The number of carbonyl (C=O) groups is 2. The highest BCUT2D eigenvalue weighted by Crippen LogP contribution is 2.29. The first kappa shape index (κ1) is 31.8. The maximum absolute atomic E-state index is 13.0. The average Bonchev–Trinajstić information content (AvgIpc) is 3.42. The molecule has 0 saturated carbocycles. The molecule has 1 aromatic carbocycles. The number of hydroxylamine groups is 1. The zero-order valence-electron chi connectivity index (χ0n) is 21.2. The fourth-order valence-corrected chi connectivity index (χ4v) is 5.29. The van der Waals surface area contributed by atoms with Crippen molar-refractivity contribution in [2.45, 2.75) is 48.6 Å². The van der Waals surface area contributed by atoms with E-state index < -0.39 is 54.2 Å². The Bertz CT molecular complexity index is 1410. The first-order chi connectivity index (χ1) is 17.9. The number of carboxylic acids is 1. The van der Waals surface area contributed by atoms with Gasteiger partial charge in [0.2, 0.25) is 20.6 Å². The average molecular weight is 591 g/mol. The SMILES string of the molecule is CS(=O)(=O)O.Cc1noc(C)c1S(=O)(=O)[C@@](N)(CNC(=O)C[C@H]1CC(c2ccc(C(=N)N)cc2)NO1)C(=O)O. The van der Waals surface area contributed by atoms with Crippen LogP contribution in [0.4, 0.5) is 0 Å². The highest BCUT2D eigenvalue weighted by molar-refractivity contribution is 7.93. The number of amidine groups is 1. The molecule has 39 heavy (non-hydrogen) atoms. The van der Waals surface area contributed by atoms with Crippen LogP contribution < -0.4 is 22.3 Å². The molecule has 2 aromatic rings. The van der Waals surface area contributed by atoms with Crippen molar-refractivity contribution < 1.29 is 45.4 Å². The molecule has 1 aliphatic rings. The molecule has 0 radical (unpaired) electrons. The molecule has 1 aliphatic heterocycles. The molecule has 0 bridgehead atoms. The van der Waals surface area contributed by atoms with Gasteiger partial charge in [-0.1, -0.05) is 29.4 Å². The van der Waals surface area contributed by atoms with Gasteiger partial charge in [0.25, 0.3) is 10.1 Å². The maximum Gasteiger partial charge on any atom is 0.341 e. The Morgan fingerprint density at radius 1 is 1.23 bits per heavy atom. The molecule has 18 heteroatoms. The molecule has 216 valence electrons. The quantitative estimate of drug-likeness (QED) is 0.106. The molecule has 1 saturated heterocycles. The van der Waals surface area contributed by atoms with E-state index in [1.807, 2.05) is 0 Å². The predicted molar refractivity (Wildman–Crippen MR) is 136 cm³/mol. The Hall–Kier alpha value is -3.42. The van der Waals surface area contributed by atoms with E-state index in [9.17, 15) is 31.5 Å². The Morgan fingerprint density at radius 2 is 1.79 bits per heavy atom. The van der Waals surface area contributed by atoms with Crippen LogP contribution in [-0.4, -0.2) is 73.1 Å². The summed E-state index contributed by atoms with van der Waals surface area (Å²) in [6.45, 7) is 1.80. The van der Waals surface area contributed by atoms with Gasteiger partial charge < -0.3 is 26.4 Å². The summed E-state index contributed by atoms with van der Waals surface area (Å²) in [5, 5.41) is 22.9. The fourth-order valence-electron chi connectivity index (χ4n) is 3.60. The first-order valence-corrected chi connectivity index (χ1v) is 14.4. The van der Waals surface area contributed by atoms with Gasteiger partial charge in [0.15, 0.2) is 5.76 Å². The molecule has 3 rings (SSSR count). The maximum atomic E-state index is 13.0. The molecule has 1 unspecified atom stereocenters. The number of nitrogen functional groups attached to an aromatic ring is 1. The van der Waals surface area contributed by atoms with Crippen LogP contribution in [0.15, 0.2) is 33.7 Å². The third-order valence-corrected chi connectivity index (χ3v) is 7.94. The number of carboxylic acid groups (broad SMARTS) is 1. The lowest BCUT2D eigenvalue weighted by Gasteiger charge is -2.25. The number of amides is 1. The molecule has 16 nitrogen and oxygen atoms in total. The van der Waals surface area contributed by atoms with Crippen molar-refractivity contribution in [1.82, 2.24) is 16.0 Å². The third kappa shape index (κ3) is 8.04.